The Morgan fingerprint density at radius 1 is 1.03 bits per heavy atom. The summed E-state index contributed by atoms with van der Waals surface area (Å²) in [5, 5.41) is 13.3. The molecule has 0 aliphatic carbocycles. The number of para-hydroxylation sites is 1. The third kappa shape index (κ3) is 4.61. The first-order chi connectivity index (χ1) is 15.0. The molecular weight excluding hydrogens is 388 g/mol. The van der Waals surface area contributed by atoms with Crippen molar-refractivity contribution in [2.75, 3.05) is 0 Å². The molecule has 0 spiro atoms. The Morgan fingerprint density at radius 3 is 2.48 bits per heavy atom. The largest absolute Gasteiger partial charge is 0.271 e. The fourth-order valence-electron chi connectivity index (χ4n) is 3.43. The molecule has 0 aliphatic heterocycles. The normalized spacial score (nSPS) is 11.2. The Morgan fingerprint density at radius 2 is 1.77 bits per heavy atom. The van der Waals surface area contributed by atoms with Gasteiger partial charge in [0.1, 0.15) is 12.2 Å². The number of rotatable bonds is 6. The summed E-state index contributed by atoms with van der Waals surface area (Å²) in [6.07, 6.45) is 3.55. The molecule has 4 aromatic rings. The van der Waals surface area contributed by atoms with Gasteiger partial charge in [0, 0.05) is 23.0 Å². The van der Waals surface area contributed by atoms with E-state index in [4.69, 9.17) is 5.10 Å². The van der Waals surface area contributed by atoms with Gasteiger partial charge >= 0.3 is 0 Å². The summed E-state index contributed by atoms with van der Waals surface area (Å²) in [4.78, 5) is 12.3. The SMILES string of the molecule is Cc1cc(C)n(CC(=O)N/N=C\c2cn(-c3ccccc3C)nc2-c2ccccc2)n1. The summed E-state index contributed by atoms with van der Waals surface area (Å²) < 4.78 is 3.50. The number of hydrazone groups is 1. The van der Waals surface area contributed by atoms with Crippen LogP contribution in [0, 0.1) is 20.8 Å². The van der Waals surface area contributed by atoms with Crippen LogP contribution in [0.4, 0.5) is 0 Å². The monoisotopic (exact) mass is 412 g/mol. The van der Waals surface area contributed by atoms with Crippen LogP contribution in [0.25, 0.3) is 16.9 Å². The van der Waals surface area contributed by atoms with Gasteiger partial charge in [0.25, 0.3) is 5.91 Å². The van der Waals surface area contributed by atoms with Crippen LogP contribution >= 0.6 is 0 Å². The molecule has 1 amide bonds. The lowest BCUT2D eigenvalue weighted by Gasteiger charge is -2.04. The molecule has 0 bridgehead atoms. The minimum Gasteiger partial charge on any atom is -0.271 e. The van der Waals surface area contributed by atoms with E-state index in [0.717, 1.165) is 39.5 Å². The number of nitrogens with one attached hydrogen (secondary N) is 1. The number of amides is 1. The topological polar surface area (TPSA) is 77.1 Å². The highest BCUT2D eigenvalue weighted by atomic mass is 16.2. The molecule has 31 heavy (non-hydrogen) atoms. The van der Waals surface area contributed by atoms with Crippen molar-refractivity contribution in [2.45, 2.75) is 27.3 Å². The number of nitrogens with zero attached hydrogens (tertiary/aromatic N) is 5. The molecule has 2 aromatic carbocycles. The van der Waals surface area contributed by atoms with Crippen LogP contribution in [0.3, 0.4) is 0 Å². The van der Waals surface area contributed by atoms with E-state index < -0.39 is 0 Å². The quantitative estimate of drug-likeness (QED) is 0.386. The van der Waals surface area contributed by atoms with Crippen LogP contribution in [-0.4, -0.2) is 31.7 Å². The van der Waals surface area contributed by atoms with Crippen LogP contribution in [0.2, 0.25) is 0 Å². The van der Waals surface area contributed by atoms with Crippen LogP contribution in [0.15, 0.2) is 72.0 Å². The minimum absolute atomic E-state index is 0.116. The lowest BCUT2D eigenvalue weighted by molar-refractivity contribution is -0.121. The third-order valence-corrected chi connectivity index (χ3v) is 4.94. The van der Waals surface area contributed by atoms with Gasteiger partial charge in [-0.15, -0.1) is 0 Å². The first-order valence-corrected chi connectivity index (χ1v) is 10.1. The highest BCUT2D eigenvalue weighted by Crippen LogP contribution is 2.23. The molecule has 1 N–H and O–H groups in total. The van der Waals surface area contributed by atoms with Crippen LogP contribution in [-0.2, 0) is 11.3 Å². The molecule has 0 fully saturated rings. The lowest BCUT2D eigenvalue weighted by Crippen LogP contribution is -2.24. The zero-order valence-corrected chi connectivity index (χ0v) is 17.8. The van der Waals surface area contributed by atoms with E-state index in [0.29, 0.717) is 0 Å². The number of aromatic nitrogens is 4. The van der Waals surface area contributed by atoms with Gasteiger partial charge in [-0.1, -0.05) is 48.5 Å². The predicted octanol–water partition coefficient (Wildman–Crippen LogP) is 3.81. The lowest BCUT2D eigenvalue weighted by atomic mass is 10.1. The minimum atomic E-state index is -0.241. The Balaban J connectivity index is 1.58. The molecule has 0 unspecified atom stereocenters. The Hall–Kier alpha value is -4.00. The van der Waals surface area contributed by atoms with E-state index in [1.165, 1.54) is 0 Å². The van der Waals surface area contributed by atoms with Gasteiger partial charge in [-0.2, -0.15) is 15.3 Å². The molecule has 0 saturated carbocycles. The fourth-order valence-corrected chi connectivity index (χ4v) is 3.43. The first-order valence-electron chi connectivity index (χ1n) is 10.1. The van der Waals surface area contributed by atoms with E-state index >= 15 is 0 Å². The van der Waals surface area contributed by atoms with E-state index in [-0.39, 0.29) is 12.5 Å². The maximum atomic E-state index is 12.3. The zero-order chi connectivity index (χ0) is 21.8. The third-order valence-electron chi connectivity index (χ3n) is 4.94. The summed E-state index contributed by atoms with van der Waals surface area (Å²) in [5.74, 6) is -0.241. The second-order valence-electron chi connectivity index (χ2n) is 7.41. The van der Waals surface area contributed by atoms with Gasteiger partial charge in [-0.3, -0.25) is 9.48 Å². The van der Waals surface area contributed by atoms with Crippen molar-refractivity contribution in [3.63, 3.8) is 0 Å². The number of aryl methyl sites for hydroxylation is 3. The standard InChI is InChI=1S/C24H24N6O/c1-17-9-7-8-12-22(17)30-15-21(24(28-30)20-10-5-4-6-11-20)14-25-26-23(31)16-29-19(3)13-18(2)27-29/h4-15H,16H2,1-3H3,(H,26,31)/b25-14-. The summed E-state index contributed by atoms with van der Waals surface area (Å²) >= 11 is 0. The number of benzene rings is 2. The van der Waals surface area contributed by atoms with Crippen LogP contribution < -0.4 is 5.43 Å². The highest BCUT2D eigenvalue weighted by Gasteiger charge is 2.12. The average Bonchev–Trinajstić information content (AvgIpc) is 3.31. The van der Waals surface area contributed by atoms with E-state index in [9.17, 15) is 4.79 Å². The number of hydrogen-bond acceptors (Lipinski definition) is 4. The molecule has 4 rings (SSSR count). The van der Waals surface area contributed by atoms with E-state index in [1.54, 1.807) is 10.9 Å². The molecule has 2 aromatic heterocycles. The maximum absolute atomic E-state index is 12.3. The van der Waals surface area contributed by atoms with Crippen molar-refractivity contribution < 1.29 is 4.79 Å². The molecule has 0 aliphatic rings. The van der Waals surface area contributed by atoms with Crippen LogP contribution in [0.5, 0.6) is 0 Å². The maximum Gasteiger partial charge on any atom is 0.261 e. The molecule has 156 valence electrons. The summed E-state index contributed by atoms with van der Waals surface area (Å²) in [6.45, 7) is 5.98. The molecule has 0 atom stereocenters. The number of carbonyl (C=O) groups is 1. The Labute approximate surface area is 181 Å². The highest BCUT2D eigenvalue weighted by molar-refractivity contribution is 5.89. The van der Waals surface area contributed by atoms with Crippen molar-refractivity contribution in [2.24, 2.45) is 5.10 Å². The molecular formula is C24H24N6O. The van der Waals surface area contributed by atoms with Crippen LogP contribution in [0.1, 0.15) is 22.5 Å². The second-order valence-corrected chi connectivity index (χ2v) is 7.41. The predicted molar refractivity (Wildman–Crippen MR) is 121 cm³/mol. The van der Waals surface area contributed by atoms with Crippen molar-refractivity contribution >= 4 is 12.1 Å². The van der Waals surface area contributed by atoms with Crippen molar-refractivity contribution in [1.29, 1.82) is 0 Å². The Bertz CT molecular complexity index is 1240. The van der Waals surface area contributed by atoms with E-state index in [2.05, 4.69) is 15.6 Å². The fraction of sp³-hybridized carbons (Fsp3) is 0.167. The molecule has 0 radical (unpaired) electrons. The molecule has 0 saturated heterocycles. The van der Waals surface area contributed by atoms with Gasteiger partial charge < -0.3 is 0 Å². The first kappa shape index (κ1) is 20.3. The molecule has 7 heteroatoms. The van der Waals surface area contributed by atoms with Crippen molar-refractivity contribution in [1.82, 2.24) is 25.0 Å². The number of hydrogen-bond donors (Lipinski definition) is 1. The molecule has 7 nitrogen and oxygen atoms in total. The van der Waals surface area contributed by atoms with Crippen molar-refractivity contribution in [3.8, 4) is 16.9 Å². The van der Waals surface area contributed by atoms with Gasteiger partial charge in [-0.25, -0.2) is 10.1 Å². The molecule has 2 heterocycles. The van der Waals surface area contributed by atoms with Gasteiger partial charge in [-0.05, 0) is 38.5 Å². The Kier molecular flexibility index (Phi) is 5.75. The second kappa shape index (κ2) is 8.79. The van der Waals surface area contributed by atoms with Gasteiger partial charge in [0.15, 0.2) is 0 Å². The van der Waals surface area contributed by atoms with E-state index in [1.807, 2.05) is 92.3 Å². The average molecular weight is 412 g/mol. The summed E-state index contributed by atoms with van der Waals surface area (Å²) in [7, 11) is 0. The number of carbonyl (C=O) groups excluding carboxylic acids is 1. The zero-order valence-electron chi connectivity index (χ0n) is 17.8. The smallest absolute Gasteiger partial charge is 0.261 e. The van der Waals surface area contributed by atoms with Crippen molar-refractivity contribution in [3.05, 3.63) is 89.4 Å². The van der Waals surface area contributed by atoms with Gasteiger partial charge in [0.05, 0.1) is 17.6 Å². The summed E-state index contributed by atoms with van der Waals surface area (Å²) in [6, 6.07) is 19.9. The summed E-state index contributed by atoms with van der Waals surface area (Å²) in [5.41, 5.74) is 9.09. The van der Waals surface area contributed by atoms with Gasteiger partial charge in [0.2, 0.25) is 0 Å².